The summed E-state index contributed by atoms with van der Waals surface area (Å²) in [6.45, 7) is 1.26. The lowest BCUT2D eigenvalue weighted by Gasteiger charge is -2.20. The van der Waals surface area contributed by atoms with Crippen molar-refractivity contribution in [3.63, 3.8) is 0 Å². The molecule has 0 amide bonds. The van der Waals surface area contributed by atoms with Gasteiger partial charge in [0.25, 0.3) is 0 Å². The van der Waals surface area contributed by atoms with Crippen molar-refractivity contribution in [2.24, 2.45) is 0 Å². The van der Waals surface area contributed by atoms with E-state index in [1.54, 1.807) is 7.11 Å². The van der Waals surface area contributed by atoms with Crippen LogP contribution in [-0.2, 0) is 14.2 Å². The van der Waals surface area contributed by atoms with Gasteiger partial charge in [0, 0.05) is 7.11 Å². The van der Waals surface area contributed by atoms with Crippen molar-refractivity contribution < 1.29 is 14.2 Å². The van der Waals surface area contributed by atoms with Gasteiger partial charge in [0.15, 0.2) is 5.60 Å². The number of hydrogen-bond acceptors (Lipinski definition) is 4. The Hall–Kier alpha value is -0.630. The molecule has 0 saturated heterocycles. The maximum Gasteiger partial charge on any atom is 0.157 e. The van der Waals surface area contributed by atoms with Gasteiger partial charge >= 0.3 is 0 Å². The lowest BCUT2D eigenvalue weighted by Crippen LogP contribution is -2.28. The molecule has 14 heavy (non-hydrogen) atoms. The summed E-state index contributed by atoms with van der Waals surface area (Å²) in [7, 11) is 1.62. The van der Waals surface area contributed by atoms with Crippen LogP contribution in [0.5, 0.6) is 0 Å². The normalized spacial score (nSPS) is 19.4. The van der Waals surface area contributed by atoms with Crippen molar-refractivity contribution in [2.75, 3.05) is 27.1 Å². The standard InChI is InChI=1S/C10H17NO3/c1-12-6-7-13-9-14-10(8-11)4-2-3-5-10/h2-7,9H2,1H3. The lowest BCUT2D eigenvalue weighted by molar-refractivity contribution is -0.122. The van der Waals surface area contributed by atoms with E-state index in [1.807, 2.05) is 0 Å². The molecule has 0 bridgehead atoms. The Balaban J connectivity index is 2.13. The van der Waals surface area contributed by atoms with Gasteiger partial charge in [0.1, 0.15) is 6.79 Å². The quantitative estimate of drug-likeness (QED) is 0.480. The van der Waals surface area contributed by atoms with E-state index in [-0.39, 0.29) is 6.79 Å². The second-order valence-corrected chi connectivity index (χ2v) is 3.48. The Morgan fingerprint density at radius 3 is 2.57 bits per heavy atom. The SMILES string of the molecule is COCCOCOC1(C#N)CCCC1. The largest absolute Gasteiger partial charge is 0.382 e. The number of hydrogen-bond donors (Lipinski definition) is 0. The second-order valence-electron chi connectivity index (χ2n) is 3.48. The summed E-state index contributed by atoms with van der Waals surface area (Å²) in [6.07, 6.45) is 3.81. The second kappa shape index (κ2) is 5.97. The zero-order chi connectivity index (χ0) is 10.3. The molecule has 4 heteroatoms. The number of nitrogens with zero attached hydrogens (tertiary/aromatic N) is 1. The molecule has 4 nitrogen and oxygen atoms in total. The highest BCUT2D eigenvalue weighted by atomic mass is 16.7. The first-order chi connectivity index (χ1) is 6.83. The highest BCUT2D eigenvalue weighted by Gasteiger charge is 2.34. The van der Waals surface area contributed by atoms with Gasteiger partial charge in [-0.3, -0.25) is 0 Å². The Morgan fingerprint density at radius 2 is 2.00 bits per heavy atom. The predicted molar refractivity (Wildman–Crippen MR) is 50.6 cm³/mol. The van der Waals surface area contributed by atoms with Gasteiger partial charge in [-0.2, -0.15) is 5.26 Å². The Labute approximate surface area is 84.8 Å². The average Bonchev–Trinajstić information content (AvgIpc) is 2.67. The zero-order valence-electron chi connectivity index (χ0n) is 8.62. The highest BCUT2D eigenvalue weighted by molar-refractivity contribution is 5.04. The average molecular weight is 199 g/mol. The van der Waals surface area contributed by atoms with Crippen LogP contribution in [0.25, 0.3) is 0 Å². The molecule has 80 valence electrons. The number of methoxy groups -OCH3 is 1. The van der Waals surface area contributed by atoms with Crippen molar-refractivity contribution in [1.82, 2.24) is 0 Å². The third-order valence-corrected chi connectivity index (χ3v) is 2.47. The van der Waals surface area contributed by atoms with E-state index >= 15 is 0 Å². The summed E-state index contributed by atoms with van der Waals surface area (Å²) in [5.74, 6) is 0. The Bertz CT molecular complexity index is 194. The maximum absolute atomic E-state index is 8.96. The minimum atomic E-state index is -0.576. The number of rotatable bonds is 6. The molecular formula is C10H17NO3. The fourth-order valence-electron chi connectivity index (χ4n) is 1.59. The summed E-state index contributed by atoms with van der Waals surface area (Å²) in [6, 6.07) is 2.23. The molecule has 0 aliphatic heterocycles. The molecule has 0 N–H and O–H groups in total. The van der Waals surface area contributed by atoms with Crippen molar-refractivity contribution in [1.29, 1.82) is 5.26 Å². The topological polar surface area (TPSA) is 51.5 Å². The third-order valence-electron chi connectivity index (χ3n) is 2.47. The first-order valence-electron chi connectivity index (χ1n) is 4.95. The van der Waals surface area contributed by atoms with Gasteiger partial charge in [-0.1, -0.05) is 0 Å². The zero-order valence-corrected chi connectivity index (χ0v) is 8.62. The van der Waals surface area contributed by atoms with Crippen LogP contribution in [-0.4, -0.2) is 32.7 Å². The van der Waals surface area contributed by atoms with E-state index in [4.69, 9.17) is 19.5 Å². The molecule has 0 radical (unpaired) electrons. The molecule has 0 atom stereocenters. The lowest BCUT2D eigenvalue weighted by atomic mass is 10.1. The Kier molecular flexibility index (Phi) is 4.88. The summed E-state index contributed by atoms with van der Waals surface area (Å²) in [5, 5.41) is 8.96. The van der Waals surface area contributed by atoms with Crippen LogP contribution in [0.1, 0.15) is 25.7 Å². The monoisotopic (exact) mass is 199 g/mol. The van der Waals surface area contributed by atoms with E-state index in [1.165, 1.54) is 0 Å². The fourth-order valence-corrected chi connectivity index (χ4v) is 1.59. The van der Waals surface area contributed by atoms with Gasteiger partial charge in [0.05, 0.1) is 19.3 Å². The summed E-state index contributed by atoms with van der Waals surface area (Å²) >= 11 is 0. The van der Waals surface area contributed by atoms with Crippen molar-refractivity contribution in [3.05, 3.63) is 0 Å². The molecule has 0 unspecified atom stereocenters. The van der Waals surface area contributed by atoms with E-state index < -0.39 is 5.60 Å². The highest BCUT2D eigenvalue weighted by Crippen LogP contribution is 2.32. The van der Waals surface area contributed by atoms with Crippen molar-refractivity contribution in [3.8, 4) is 6.07 Å². The van der Waals surface area contributed by atoms with E-state index in [9.17, 15) is 0 Å². The van der Waals surface area contributed by atoms with Crippen molar-refractivity contribution in [2.45, 2.75) is 31.3 Å². The third kappa shape index (κ3) is 3.26. The van der Waals surface area contributed by atoms with Gasteiger partial charge < -0.3 is 14.2 Å². The first kappa shape index (κ1) is 11.4. The number of nitriles is 1. The molecule has 0 aromatic rings. The molecule has 1 aliphatic rings. The van der Waals surface area contributed by atoms with Gasteiger partial charge in [-0.25, -0.2) is 0 Å². The van der Waals surface area contributed by atoms with Gasteiger partial charge in [-0.05, 0) is 25.7 Å². The van der Waals surface area contributed by atoms with Crippen LogP contribution in [0.3, 0.4) is 0 Å². The molecule has 0 aromatic heterocycles. The van der Waals surface area contributed by atoms with Gasteiger partial charge in [-0.15, -0.1) is 0 Å². The molecule has 0 spiro atoms. The molecule has 0 aromatic carbocycles. The Morgan fingerprint density at radius 1 is 1.29 bits per heavy atom. The molecular weight excluding hydrogens is 182 g/mol. The summed E-state index contributed by atoms with van der Waals surface area (Å²) in [5.41, 5.74) is -0.576. The van der Waals surface area contributed by atoms with E-state index in [0.717, 1.165) is 25.7 Å². The predicted octanol–water partition coefficient (Wildman–Crippen LogP) is 1.46. The van der Waals surface area contributed by atoms with Crippen LogP contribution in [0, 0.1) is 11.3 Å². The maximum atomic E-state index is 8.96. The number of ether oxygens (including phenoxy) is 3. The van der Waals surface area contributed by atoms with Gasteiger partial charge in [0.2, 0.25) is 0 Å². The molecule has 0 heterocycles. The first-order valence-corrected chi connectivity index (χ1v) is 4.95. The minimum absolute atomic E-state index is 0.191. The van der Waals surface area contributed by atoms with Crippen LogP contribution >= 0.6 is 0 Å². The summed E-state index contributed by atoms with van der Waals surface area (Å²) in [4.78, 5) is 0. The fraction of sp³-hybridized carbons (Fsp3) is 0.900. The molecule has 1 fully saturated rings. The van der Waals surface area contributed by atoms with Crippen LogP contribution < -0.4 is 0 Å². The van der Waals surface area contributed by atoms with Crippen LogP contribution in [0.4, 0.5) is 0 Å². The summed E-state index contributed by atoms with van der Waals surface area (Å²) < 4.78 is 15.4. The van der Waals surface area contributed by atoms with E-state index in [2.05, 4.69) is 6.07 Å². The molecule has 1 saturated carbocycles. The van der Waals surface area contributed by atoms with Crippen molar-refractivity contribution >= 4 is 0 Å². The molecule has 1 aliphatic carbocycles. The van der Waals surface area contributed by atoms with Crippen LogP contribution in [0.2, 0.25) is 0 Å². The van der Waals surface area contributed by atoms with Crippen LogP contribution in [0.15, 0.2) is 0 Å². The minimum Gasteiger partial charge on any atom is -0.382 e. The van der Waals surface area contributed by atoms with E-state index in [0.29, 0.717) is 13.2 Å². The smallest absolute Gasteiger partial charge is 0.157 e. The molecule has 1 rings (SSSR count).